The molecule has 1 aromatic carbocycles. The summed E-state index contributed by atoms with van der Waals surface area (Å²) in [6, 6.07) is 10.9. The fourth-order valence-electron chi connectivity index (χ4n) is 4.27. The standard InChI is InChI=1S/C23H27NO2S.ClH/c1-3-24-13-11-17(12-14-24)22-18-8-6-5-7-16(18)9-10-20-19(22)15-21(27-20)23(25)26-4-2;/h5-8,15H,3-4,9-14H2,1-2H3;1H. The van der Waals surface area contributed by atoms with Gasteiger partial charge >= 0.3 is 5.97 Å². The molecule has 4 rings (SSSR count). The van der Waals surface area contributed by atoms with Gasteiger partial charge in [0.15, 0.2) is 0 Å². The summed E-state index contributed by atoms with van der Waals surface area (Å²) in [7, 11) is 0. The zero-order chi connectivity index (χ0) is 18.8. The first-order chi connectivity index (χ1) is 13.2. The molecule has 1 aliphatic carbocycles. The lowest BCUT2D eigenvalue weighted by Crippen LogP contribution is -2.30. The summed E-state index contributed by atoms with van der Waals surface area (Å²) in [5.41, 5.74) is 7.00. The van der Waals surface area contributed by atoms with Gasteiger partial charge in [0.2, 0.25) is 0 Å². The molecule has 150 valence electrons. The van der Waals surface area contributed by atoms with Crippen molar-refractivity contribution < 1.29 is 9.53 Å². The van der Waals surface area contributed by atoms with Crippen LogP contribution in [0.1, 0.15) is 57.9 Å². The van der Waals surface area contributed by atoms with Gasteiger partial charge in [-0.3, -0.25) is 0 Å². The van der Waals surface area contributed by atoms with Crippen LogP contribution in [-0.2, 0) is 17.6 Å². The Balaban J connectivity index is 0.00000225. The highest BCUT2D eigenvalue weighted by atomic mass is 35.5. The number of nitrogens with zero attached hydrogens (tertiary/aromatic N) is 1. The maximum atomic E-state index is 12.3. The van der Waals surface area contributed by atoms with Crippen LogP contribution in [0.4, 0.5) is 0 Å². The molecule has 0 spiro atoms. The molecule has 2 heterocycles. The van der Waals surface area contributed by atoms with E-state index in [0.717, 1.165) is 50.2 Å². The zero-order valence-electron chi connectivity index (χ0n) is 16.6. The lowest BCUT2D eigenvalue weighted by atomic mass is 9.87. The van der Waals surface area contributed by atoms with Gasteiger partial charge < -0.3 is 9.64 Å². The third-order valence-electron chi connectivity index (χ3n) is 5.72. The minimum absolute atomic E-state index is 0. The van der Waals surface area contributed by atoms with Crippen LogP contribution in [0.25, 0.3) is 5.57 Å². The number of hydrogen-bond donors (Lipinski definition) is 0. The van der Waals surface area contributed by atoms with E-state index in [1.807, 2.05) is 6.92 Å². The average molecular weight is 418 g/mol. The van der Waals surface area contributed by atoms with E-state index in [0.29, 0.717) is 6.61 Å². The summed E-state index contributed by atoms with van der Waals surface area (Å²) in [6.45, 7) is 7.90. The van der Waals surface area contributed by atoms with Crippen molar-refractivity contribution in [1.29, 1.82) is 0 Å². The number of thiophene rings is 1. The molecule has 0 unspecified atom stereocenters. The van der Waals surface area contributed by atoms with Gasteiger partial charge in [-0.05, 0) is 67.5 Å². The van der Waals surface area contributed by atoms with Crippen molar-refractivity contribution in [3.8, 4) is 0 Å². The Labute approximate surface area is 177 Å². The third-order valence-corrected chi connectivity index (χ3v) is 6.90. The third kappa shape index (κ3) is 4.05. The molecule has 1 saturated heterocycles. The predicted octanol–water partition coefficient (Wildman–Crippen LogP) is 5.36. The molecule has 0 atom stereocenters. The van der Waals surface area contributed by atoms with Crippen LogP contribution in [0.5, 0.6) is 0 Å². The summed E-state index contributed by atoms with van der Waals surface area (Å²) in [5.74, 6) is -0.186. The predicted molar refractivity (Wildman–Crippen MR) is 119 cm³/mol. The Hall–Kier alpha value is -1.62. The van der Waals surface area contributed by atoms with Crippen molar-refractivity contribution in [3.05, 3.63) is 62.3 Å². The first-order valence-corrected chi connectivity index (χ1v) is 10.9. The number of likely N-dealkylation sites (tertiary alicyclic amines) is 1. The van der Waals surface area contributed by atoms with Crippen LogP contribution in [-0.4, -0.2) is 37.1 Å². The van der Waals surface area contributed by atoms with Gasteiger partial charge in [-0.25, -0.2) is 4.79 Å². The molecule has 2 aliphatic rings. The number of halogens is 1. The van der Waals surface area contributed by atoms with Gasteiger partial charge in [0.25, 0.3) is 0 Å². The molecule has 1 fully saturated rings. The topological polar surface area (TPSA) is 29.5 Å². The Kier molecular flexibility index (Phi) is 6.97. The summed E-state index contributed by atoms with van der Waals surface area (Å²) in [4.78, 5) is 16.9. The smallest absolute Gasteiger partial charge is 0.348 e. The highest BCUT2D eigenvalue weighted by molar-refractivity contribution is 7.14. The minimum Gasteiger partial charge on any atom is -0.462 e. The van der Waals surface area contributed by atoms with Crippen molar-refractivity contribution in [2.45, 2.75) is 39.5 Å². The van der Waals surface area contributed by atoms with Crippen molar-refractivity contribution in [3.63, 3.8) is 0 Å². The van der Waals surface area contributed by atoms with Crippen LogP contribution in [0.15, 0.2) is 35.9 Å². The number of fused-ring (bicyclic) bond motifs is 2. The van der Waals surface area contributed by atoms with Gasteiger partial charge in [-0.15, -0.1) is 23.7 Å². The number of hydrogen-bond acceptors (Lipinski definition) is 4. The quantitative estimate of drug-likeness (QED) is 0.629. The van der Waals surface area contributed by atoms with Crippen LogP contribution in [0.3, 0.4) is 0 Å². The van der Waals surface area contributed by atoms with E-state index in [2.05, 4.69) is 42.2 Å². The molecule has 2 aromatic rings. The second kappa shape index (κ2) is 9.25. The van der Waals surface area contributed by atoms with Crippen molar-refractivity contribution in [1.82, 2.24) is 4.90 Å². The summed E-state index contributed by atoms with van der Waals surface area (Å²) < 4.78 is 5.26. The van der Waals surface area contributed by atoms with E-state index in [9.17, 15) is 4.79 Å². The number of rotatable bonds is 3. The number of aryl methyl sites for hydroxylation is 2. The Morgan fingerprint density at radius 1 is 1.07 bits per heavy atom. The van der Waals surface area contributed by atoms with E-state index in [-0.39, 0.29) is 18.4 Å². The molecular weight excluding hydrogens is 390 g/mol. The van der Waals surface area contributed by atoms with Crippen LogP contribution < -0.4 is 0 Å². The van der Waals surface area contributed by atoms with Crippen LogP contribution >= 0.6 is 23.7 Å². The fraction of sp³-hybridized carbons (Fsp3) is 0.435. The molecule has 0 saturated carbocycles. The Bertz CT molecular complexity index is 876. The molecule has 28 heavy (non-hydrogen) atoms. The number of carbonyl (C=O) groups is 1. The Morgan fingerprint density at radius 2 is 1.82 bits per heavy atom. The molecule has 1 aromatic heterocycles. The minimum atomic E-state index is -0.186. The van der Waals surface area contributed by atoms with Gasteiger partial charge in [0, 0.05) is 18.0 Å². The van der Waals surface area contributed by atoms with Crippen LogP contribution in [0.2, 0.25) is 0 Å². The van der Waals surface area contributed by atoms with Crippen molar-refractivity contribution in [2.24, 2.45) is 0 Å². The molecular formula is C23H28ClNO2S. The molecule has 0 radical (unpaired) electrons. The summed E-state index contributed by atoms with van der Waals surface area (Å²) >= 11 is 1.62. The normalized spacial score (nSPS) is 16.6. The largest absolute Gasteiger partial charge is 0.462 e. The number of esters is 1. The maximum absolute atomic E-state index is 12.3. The first-order valence-electron chi connectivity index (χ1n) is 10.0. The van der Waals surface area contributed by atoms with E-state index >= 15 is 0 Å². The first kappa shape index (κ1) is 21.1. The van der Waals surface area contributed by atoms with Gasteiger partial charge in [-0.2, -0.15) is 0 Å². The molecule has 3 nitrogen and oxygen atoms in total. The fourth-order valence-corrected chi connectivity index (χ4v) is 5.33. The molecule has 0 N–H and O–H groups in total. The number of ether oxygens (including phenoxy) is 1. The average Bonchev–Trinajstić information content (AvgIpc) is 3.06. The molecule has 0 bridgehead atoms. The molecule has 1 aliphatic heterocycles. The highest BCUT2D eigenvalue weighted by Gasteiger charge is 2.26. The van der Waals surface area contributed by atoms with E-state index in [1.54, 1.807) is 16.9 Å². The van der Waals surface area contributed by atoms with E-state index in [1.165, 1.54) is 27.1 Å². The highest BCUT2D eigenvalue weighted by Crippen LogP contribution is 2.41. The van der Waals surface area contributed by atoms with Gasteiger partial charge in [-0.1, -0.05) is 36.8 Å². The molecule has 0 amide bonds. The lowest BCUT2D eigenvalue weighted by molar-refractivity contribution is 0.0532. The lowest BCUT2D eigenvalue weighted by Gasteiger charge is -2.29. The van der Waals surface area contributed by atoms with Gasteiger partial charge in [0.1, 0.15) is 4.88 Å². The van der Waals surface area contributed by atoms with E-state index < -0.39 is 0 Å². The number of benzene rings is 1. The van der Waals surface area contributed by atoms with E-state index in [4.69, 9.17) is 4.74 Å². The number of piperidine rings is 1. The summed E-state index contributed by atoms with van der Waals surface area (Å²) in [6.07, 6.45) is 4.25. The van der Waals surface area contributed by atoms with Crippen molar-refractivity contribution in [2.75, 3.05) is 26.2 Å². The second-order valence-electron chi connectivity index (χ2n) is 7.24. The summed E-state index contributed by atoms with van der Waals surface area (Å²) in [5, 5.41) is 0. The molecule has 5 heteroatoms. The second-order valence-corrected chi connectivity index (χ2v) is 8.37. The van der Waals surface area contributed by atoms with Crippen LogP contribution in [0, 0.1) is 0 Å². The van der Waals surface area contributed by atoms with Crippen molar-refractivity contribution >= 4 is 35.3 Å². The monoisotopic (exact) mass is 417 g/mol. The zero-order valence-corrected chi connectivity index (χ0v) is 18.3. The Morgan fingerprint density at radius 3 is 2.54 bits per heavy atom. The SMILES string of the molecule is CCOC(=O)c1cc2c(s1)CCc1ccccc1C2=C1CCN(CC)CC1.Cl. The maximum Gasteiger partial charge on any atom is 0.348 e. The van der Waals surface area contributed by atoms with Gasteiger partial charge in [0.05, 0.1) is 6.61 Å². The number of carbonyl (C=O) groups excluding carboxylic acids is 1.